The maximum Gasteiger partial charge on any atom is 0.252 e. The van der Waals surface area contributed by atoms with Gasteiger partial charge in [-0.2, -0.15) is 0 Å². The Kier molecular flexibility index (Phi) is 4.66. The van der Waals surface area contributed by atoms with Crippen molar-refractivity contribution in [1.82, 2.24) is 5.32 Å². The van der Waals surface area contributed by atoms with Crippen LogP contribution in [0.5, 0.6) is 5.75 Å². The van der Waals surface area contributed by atoms with Gasteiger partial charge in [0.25, 0.3) is 5.91 Å². The van der Waals surface area contributed by atoms with Gasteiger partial charge in [-0.15, -0.1) is 0 Å². The molecule has 5 heteroatoms. The summed E-state index contributed by atoms with van der Waals surface area (Å²) < 4.78 is 5.58. The first kappa shape index (κ1) is 14.2. The van der Waals surface area contributed by atoms with Gasteiger partial charge in [0.1, 0.15) is 5.75 Å². The second kappa shape index (κ2) is 6.26. The fraction of sp³-hybridized carbons (Fsp3) is 0.500. The summed E-state index contributed by atoms with van der Waals surface area (Å²) in [4.78, 5) is 12.0. The predicted molar refractivity (Wildman–Crippen MR) is 73.6 cm³/mol. The minimum Gasteiger partial charge on any atom is -0.508 e. The largest absolute Gasteiger partial charge is 0.508 e. The van der Waals surface area contributed by atoms with Gasteiger partial charge in [0.15, 0.2) is 0 Å². The number of carbonyl (C=O) groups excluding carboxylic acids is 1. The number of phenolic OH excluding ortho intramolecular Hbond substituents is 1. The normalized spacial score (nSPS) is 22.4. The number of carbonyl (C=O) groups is 1. The van der Waals surface area contributed by atoms with E-state index in [0.29, 0.717) is 23.0 Å². The lowest BCUT2D eigenvalue weighted by atomic mass is 9.99. The number of phenols is 1. The average molecular weight is 284 g/mol. The molecule has 2 atom stereocenters. The zero-order valence-electron chi connectivity index (χ0n) is 10.9. The molecule has 1 aromatic rings. The Bertz CT molecular complexity index is 464. The molecule has 0 bridgehead atoms. The number of rotatable bonds is 4. The van der Waals surface area contributed by atoms with E-state index in [1.807, 2.05) is 0 Å². The van der Waals surface area contributed by atoms with Crippen LogP contribution >= 0.6 is 11.6 Å². The lowest BCUT2D eigenvalue weighted by Gasteiger charge is -2.17. The van der Waals surface area contributed by atoms with Crippen molar-refractivity contribution in [3.63, 3.8) is 0 Å². The van der Waals surface area contributed by atoms with E-state index >= 15 is 0 Å². The molecule has 104 valence electrons. The highest BCUT2D eigenvalue weighted by atomic mass is 35.5. The lowest BCUT2D eigenvalue weighted by molar-refractivity contribution is 0.0827. The van der Waals surface area contributed by atoms with E-state index in [2.05, 4.69) is 12.2 Å². The molecule has 1 aliphatic heterocycles. The van der Waals surface area contributed by atoms with Crippen LogP contribution < -0.4 is 5.32 Å². The highest BCUT2D eigenvalue weighted by Crippen LogP contribution is 2.24. The van der Waals surface area contributed by atoms with Gasteiger partial charge in [0.2, 0.25) is 0 Å². The predicted octanol–water partition coefficient (Wildman–Crippen LogP) is 2.59. The lowest BCUT2D eigenvalue weighted by Crippen LogP contribution is -2.32. The fourth-order valence-electron chi connectivity index (χ4n) is 2.38. The maximum atomic E-state index is 12.0. The van der Waals surface area contributed by atoms with Crippen molar-refractivity contribution in [3.8, 4) is 5.75 Å². The van der Waals surface area contributed by atoms with Crippen LogP contribution in [0, 0.1) is 5.92 Å². The third-order valence-corrected chi connectivity index (χ3v) is 3.80. The number of hydrogen-bond donors (Lipinski definition) is 2. The highest BCUT2D eigenvalue weighted by molar-refractivity contribution is 6.33. The highest BCUT2D eigenvalue weighted by Gasteiger charge is 2.27. The quantitative estimate of drug-likeness (QED) is 0.893. The van der Waals surface area contributed by atoms with Crippen molar-refractivity contribution in [2.45, 2.75) is 25.9 Å². The number of hydrogen-bond acceptors (Lipinski definition) is 3. The molecule has 1 fully saturated rings. The average Bonchev–Trinajstić information content (AvgIpc) is 2.86. The van der Waals surface area contributed by atoms with Crippen molar-refractivity contribution in [1.29, 1.82) is 0 Å². The Labute approximate surface area is 117 Å². The van der Waals surface area contributed by atoms with E-state index < -0.39 is 0 Å². The van der Waals surface area contributed by atoms with Crippen LogP contribution in [-0.4, -0.2) is 30.3 Å². The molecular weight excluding hydrogens is 266 g/mol. The first-order valence-corrected chi connectivity index (χ1v) is 6.88. The first-order chi connectivity index (χ1) is 9.11. The summed E-state index contributed by atoms with van der Waals surface area (Å²) in [6, 6.07) is 4.34. The van der Waals surface area contributed by atoms with Crippen LogP contribution in [0.15, 0.2) is 18.2 Å². The molecule has 19 heavy (non-hydrogen) atoms. The topological polar surface area (TPSA) is 58.6 Å². The molecule has 0 saturated carbocycles. The molecule has 1 amide bonds. The Morgan fingerprint density at radius 2 is 2.37 bits per heavy atom. The molecule has 1 saturated heterocycles. The molecule has 2 rings (SSSR count). The van der Waals surface area contributed by atoms with Crippen molar-refractivity contribution in [2.75, 3.05) is 13.2 Å². The molecule has 0 aromatic heterocycles. The molecule has 0 aliphatic carbocycles. The molecule has 1 aliphatic rings. The van der Waals surface area contributed by atoms with Gasteiger partial charge in [0, 0.05) is 19.1 Å². The van der Waals surface area contributed by atoms with E-state index in [1.54, 1.807) is 0 Å². The third kappa shape index (κ3) is 3.39. The molecule has 1 heterocycles. The maximum absolute atomic E-state index is 12.0. The monoisotopic (exact) mass is 283 g/mol. The van der Waals surface area contributed by atoms with E-state index in [0.717, 1.165) is 19.4 Å². The summed E-state index contributed by atoms with van der Waals surface area (Å²) in [6.07, 6.45) is 2.14. The minimum atomic E-state index is -0.261. The van der Waals surface area contributed by atoms with E-state index in [1.165, 1.54) is 18.2 Å². The molecule has 1 aromatic carbocycles. The van der Waals surface area contributed by atoms with Gasteiger partial charge in [0.05, 0.1) is 16.7 Å². The van der Waals surface area contributed by atoms with Crippen LogP contribution in [0.1, 0.15) is 30.1 Å². The number of ether oxygens (including phenoxy) is 1. The summed E-state index contributed by atoms with van der Waals surface area (Å²) in [5.41, 5.74) is 0.300. The summed E-state index contributed by atoms with van der Waals surface area (Å²) >= 11 is 5.95. The zero-order valence-corrected chi connectivity index (χ0v) is 11.6. The number of aromatic hydroxyl groups is 1. The molecule has 2 N–H and O–H groups in total. The second-order valence-electron chi connectivity index (χ2n) is 4.74. The summed E-state index contributed by atoms with van der Waals surface area (Å²) in [5, 5.41) is 12.6. The molecule has 4 nitrogen and oxygen atoms in total. The van der Waals surface area contributed by atoms with Crippen LogP contribution in [0.2, 0.25) is 5.02 Å². The van der Waals surface area contributed by atoms with Gasteiger partial charge in [-0.3, -0.25) is 4.79 Å². The molecule has 0 spiro atoms. The molecule has 0 radical (unpaired) electrons. The first-order valence-electron chi connectivity index (χ1n) is 6.50. The Balaban J connectivity index is 1.96. The van der Waals surface area contributed by atoms with Crippen molar-refractivity contribution < 1.29 is 14.6 Å². The number of nitrogens with one attached hydrogen (secondary N) is 1. The second-order valence-corrected chi connectivity index (χ2v) is 5.15. The van der Waals surface area contributed by atoms with Crippen molar-refractivity contribution >= 4 is 17.5 Å². The van der Waals surface area contributed by atoms with Gasteiger partial charge in [-0.1, -0.05) is 18.5 Å². The SMILES string of the molecule is CCC1OCCC1CNC(=O)c1cc(O)ccc1Cl. The smallest absolute Gasteiger partial charge is 0.252 e. The van der Waals surface area contributed by atoms with Gasteiger partial charge >= 0.3 is 0 Å². The minimum absolute atomic E-state index is 0.0326. The van der Waals surface area contributed by atoms with Crippen LogP contribution in [-0.2, 0) is 4.74 Å². The molecular formula is C14H18ClNO3. The number of halogens is 1. The van der Waals surface area contributed by atoms with Crippen LogP contribution in [0.4, 0.5) is 0 Å². The number of amides is 1. The fourth-order valence-corrected chi connectivity index (χ4v) is 2.59. The Hall–Kier alpha value is -1.26. The number of benzene rings is 1. The van der Waals surface area contributed by atoms with E-state index in [9.17, 15) is 9.90 Å². The third-order valence-electron chi connectivity index (χ3n) is 3.47. The summed E-state index contributed by atoms with van der Waals surface area (Å²) in [7, 11) is 0. The van der Waals surface area contributed by atoms with Gasteiger partial charge in [-0.05, 0) is 31.0 Å². The standard InChI is InChI=1S/C14H18ClNO3/c1-2-13-9(5-6-19-13)8-16-14(18)11-7-10(17)3-4-12(11)15/h3-4,7,9,13,17H,2,5-6,8H2,1H3,(H,16,18). The summed E-state index contributed by atoms with van der Waals surface area (Å²) in [5.74, 6) is 0.123. The van der Waals surface area contributed by atoms with Gasteiger partial charge < -0.3 is 15.2 Å². The van der Waals surface area contributed by atoms with Crippen molar-refractivity contribution in [2.24, 2.45) is 5.92 Å². The molecule has 2 unspecified atom stereocenters. The Morgan fingerprint density at radius 1 is 1.58 bits per heavy atom. The summed E-state index contributed by atoms with van der Waals surface area (Å²) in [6.45, 7) is 3.41. The van der Waals surface area contributed by atoms with Crippen LogP contribution in [0.3, 0.4) is 0 Å². The van der Waals surface area contributed by atoms with E-state index in [4.69, 9.17) is 16.3 Å². The van der Waals surface area contributed by atoms with E-state index in [-0.39, 0.29) is 17.8 Å². The zero-order chi connectivity index (χ0) is 13.8. The van der Waals surface area contributed by atoms with Crippen LogP contribution in [0.25, 0.3) is 0 Å². The Morgan fingerprint density at radius 3 is 3.11 bits per heavy atom. The van der Waals surface area contributed by atoms with Gasteiger partial charge in [-0.25, -0.2) is 0 Å². The van der Waals surface area contributed by atoms with Crippen molar-refractivity contribution in [3.05, 3.63) is 28.8 Å².